The molecule has 0 atom stereocenters. The maximum absolute atomic E-state index is 9.75. The fraction of sp³-hybridized carbons (Fsp3) is 0.500. The molecule has 0 aliphatic carbocycles. The normalized spacial score (nSPS) is 10.6. The van der Waals surface area contributed by atoms with E-state index in [-0.39, 0.29) is 19.5 Å². The van der Waals surface area contributed by atoms with E-state index in [0.29, 0.717) is 0 Å². The van der Waals surface area contributed by atoms with Crippen molar-refractivity contribution in [2.24, 2.45) is 0 Å². The number of rotatable bonds is 0. The van der Waals surface area contributed by atoms with Crippen LogP contribution < -0.4 is 0 Å². The maximum atomic E-state index is 9.75. The zero-order valence-corrected chi connectivity index (χ0v) is 24.3. The fourth-order valence-corrected chi connectivity index (χ4v) is 3.38. The van der Waals surface area contributed by atoms with Gasteiger partial charge in [0, 0.05) is 0 Å². The minimum atomic E-state index is -6.00. The van der Waals surface area contributed by atoms with Gasteiger partial charge < -0.3 is 34.5 Å². The van der Waals surface area contributed by atoms with Crippen molar-refractivity contribution < 1.29 is 54.0 Å². The fourth-order valence-electron chi connectivity index (χ4n) is 3.38. The third-order valence-electron chi connectivity index (χ3n) is 6.75. The van der Waals surface area contributed by atoms with E-state index < -0.39 is 14.5 Å². The van der Waals surface area contributed by atoms with Gasteiger partial charge in [-0.2, -0.15) is 0 Å². The van der Waals surface area contributed by atoms with Gasteiger partial charge in [-0.3, -0.25) is 0 Å². The maximum Gasteiger partial charge on any atom is 2.00 e. The number of benzene rings is 2. The van der Waals surface area contributed by atoms with Crippen LogP contribution in [0.3, 0.4) is 0 Å². The molecule has 0 N–H and O–H groups in total. The van der Waals surface area contributed by atoms with Crippen LogP contribution in [0.4, 0.5) is 34.5 Å². The second-order valence-electron chi connectivity index (χ2n) is 8.49. The third-order valence-corrected chi connectivity index (χ3v) is 6.75. The van der Waals surface area contributed by atoms with Crippen LogP contribution in [0.2, 0.25) is 0 Å². The second-order valence-corrected chi connectivity index (χ2v) is 8.49. The molecule has 0 radical (unpaired) electrons. The molecule has 0 unspecified atom stereocenters. The molecule has 35 heavy (non-hydrogen) atoms. The Kier molecular flexibility index (Phi) is 16.4. The van der Waals surface area contributed by atoms with E-state index in [0.717, 1.165) is 0 Å². The smallest absolute Gasteiger partial charge is 0.418 e. The van der Waals surface area contributed by atoms with Crippen LogP contribution in [0, 0.1) is 83.1 Å². The second kappa shape index (κ2) is 15.0. The molecule has 0 saturated heterocycles. The molecule has 0 amide bonds. The van der Waals surface area contributed by atoms with E-state index in [4.69, 9.17) is 0 Å². The molecule has 0 saturated carbocycles. The molecule has 0 fully saturated rings. The SMILES string of the molecule is Cc1c(C)c(C)c(C)c(C)c1C.Cc1c(C)c(C)c(C)c(C)c1C.F[B-](F)(F)F.F[B-](F)(F)F.[Ru+2]. The quantitative estimate of drug-likeness (QED) is 0.209. The summed E-state index contributed by atoms with van der Waals surface area (Å²) in [6.07, 6.45) is 0. The first-order valence-corrected chi connectivity index (χ1v) is 10.7. The molecule has 0 spiro atoms. The molecule has 0 nitrogen and oxygen atoms in total. The van der Waals surface area contributed by atoms with Crippen molar-refractivity contribution in [1.82, 2.24) is 0 Å². The van der Waals surface area contributed by atoms with Crippen molar-refractivity contribution in [1.29, 1.82) is 0 Å². The Morgan fingerprint density at radius 1 is 0.257 bits per heavy atom. The molecule has 0 aliphatic heterocycles. The Bertz CT molecular complexity index is 680. The van der Waals surface area contributed by atoms with E-state index >= 15 is 0 Å². The monoisotopic (exact) mass is 600 g/mol. The van der Waals surface area contributed by atoms with Crippen molar-refractivity contribution in [2.75, 3.05) is 0 Å². The first-order valence-electron chi connectivity index (χ1n) is 10.7. The summed E-state index contributed by atoms with van der Waals surface area (Å²) in [5.74, 6) is 0. The Labute approximate surface area is 218 Å². The van der Waals surface area contributed by atoms with Gasteiger partial charge in [0.25, 0.3) is 0 Å². The molecule has 202 valence electrons. The Hall–Kier alpha value is -1.37. The van der Waals surface area contributed by atoms with Gasteiger partial charge in [-0.25, -0.2) is 0 Å². The standard InChI is InChI=1S/2C12H18.2BF4.Ru/c2*1-7-8(2)10(4)12(6)11(5)9(7)3;2*2-1(3,4)5;/h2*1-6H3;;;/q;;2*-1;+2. The van der Waals surface area contributed by atoms with E-state index in [1.165, 1.54) is 66.8 Å². The van der Waals surface area contributed by atoms with Gasteiger partial charge in [-0.1, -0.05) is 0 Å². The van der Waals surface area contributed by atoms with Crippen LogP contribution in [-0.2, 0) is 19.5 Å². The van der Waals surface area contributed by atoms with Gasteiger partial charge in [0.2, 0.25) is 0 Å². The van der Waals surface area contributed by atoms with Crippen molar-refractivity contribution in [3.05, 3.63) is 66.8 Å². The summed E-state index contributed by atoms with van der Waals surface area (Å²) in [4.78, 5) is 0. The van der Waals surface area contributed by atoms with Gasteiger partial charge >= 0.3 is 34.0 Å². The first-order chi connectivity index (χ1) is 14.9. The number of hydrogen-bond donors (Lipinski definition) is 0. The minimum absolute atomic E-state index is 0. The van der Waals surface area contributed by atoms with Crippen LogP contribution in [0.25, 0.3) is 0 Å². The van der Waals surface area contributed by atoms with Crippen LogP contribution in [-0.4, -0.2) is 14.5 Å². The molecule has 11 heteroatoms. The summed E-state index contributed by atoms with van der Waals surface area (Å²) in [7, 11) is -12.0. The summed E-state index contributed by atoms with van der Waals surface area (Å²) in [5, 5.41) is 0. The van der Waals surface area contributed by atoms with Gasteiger partial charge in [-0.05, 0) is 150 Å². The largest absolute Gasteiger partial charge is 2.00 e. The van der Waals surface area contributed by atoms with Crippen LogP contribution in [0.1, 0.15) is 66.8 Å². The molecule has 2 aromatic rings. The van der Waals surface area contributed by atoms with Gasteiger partial charge in [0.15, 0.2) is 0 Å². The predicted molar refractivity (Wildman–Crippen MR) is 130 cm³/mol. The van der Waals surface area contributed by atoms with Gasteiger partial charge in [0.05, 0.1) is 0 Å². The van der Waals surface area contributed by atoms with E-state index in [2.05, 4.69) is 83.1 Å². The van der Waals surface area contributed by atoms with Crippen LogP contribution in [0.5, 0.6) is 0 Å². The number of halogens is 8. The van der Waals surface area contributed by atoms with Crippen LogP contribution in [0.15, 0.2) is 0 Å². The molecular weight excluding hydrogens is 563 g/mol. The Morgan fingerprint density at radius 2 is 0.286 bits per heavy atom. The van der Waals surface area contributed by atoms with E-state index in [1.54, 1.807) is 0 Å². The molecule has 2 aromatic carbocycles. The first kappa shape index (κ1) is 38.2. The Balaban J connectivity index is -0.000000419. The van der Waals surface area contributed by atoms with E-state index in [9.17, 15) is 34.5 Å². The average molecular weight is 599 g/mol. The number of hydrogen-bond acceptors (Lipinski definition) is 0. The van der Waals surface area contributed by atoms with Crippen molar-refractivity contribution >= 4 is 14.5 Å². The molecule has 0 heterocycles. The summed E-state index contributed by atoms with van der Waals surface area (Å²) >= 11 is 0. The van der Waals surface area contributed by atoms with E-state index in [1.807, 2.05) is 0 Å². The predicted octanol–water partition coefficient (Wildman–Crippen LogP) is 9.67. The molecule has 0 aromatic heterocycles. The van der Waals surface area contributed by atoms with Crippen LogP contribution >= 0.6 is 0 Å². The molecular formula is C24H36B2F8Ru. The summed E-state index contributed by atoms with van der Waals surface area (Å²) < 4.78 is 78.0. The van der Waals surface area contributed by atoms with Crippen molar-refractivity contribution in [2.45, 2.75) is 83.1 Å². The van der Waals surface area contributed by atoms with Crippen molar-refractivity contribution in [3.8, 4) is 0 Å². The minimum Gasteiger partial charge on any atom is -0.418 e. The zero-order chi connectivity index (χ0) is 27.9. The van der Waals surface area contributed by atoms with Gasteiger partial charge in [0.1, 0.15) is 0 Å². The third kappa shape index (κ3) is 14.1. The summed E-state index contributed by atoms with van der Waals surface area (Å²) in [6.45, 7) is 26.5. The average Bonchev–Trinajstić information content (AvgIpc) is 2.68. The molecule has 2 rings (SSSR count). The topological polar surface area (TPSA) is 0 Å². The Morgan fingerprint density at radius 3 is 0.314 bits per heavy atom. The van der Waals surface area contributed by atoms with Crippen molar-refractivity contribution in [3.63, 3.8) is 0 Å². The zero-order valence-electron chi connectivity index (χ0n) is 22.5. The van der Waals surface area contributed by atoms with Gasteiger partial charge in [-0.15, -0.1) is 0 Å². The summed E-state index contributed by atoms with van der Waals surface area (Å²) in [5.41, 5.74) is 17.5. The molecule has 0 bridgehead atoms. The summed E-state index contributed by atoms with van der Waals surface area (Å²) in [6, 6.07) is 0. The molecule has 0 aliphatic rings.